The molecule has 1 aromatic rings. The fourth-order valence-corrected chi connectivity index (χ4v) is 2.59. The van der Waals surface area contributed by atoms with Gasteiger partial charge in [-0.2, -0.15) is 0 Å². The quantitative estimate of drug-likeness (QED) is 0.835. The number of carbonyl (C=O) groups excluding carboxylic acids is 1. The number of carbonyl (C=O) groups is 1. The van der Waals surface area contributed by atoms with Gasteiger partial charge in [-0.05, 0) is 24.5 Å². The van der Waals surface area contributed by atoms with E-state index in [-0.39, 0.29) is 12.1 Å². The number of amides is 2. The standard InChI is InChI=1S/C16H25N3O2/c1-13-5-3-4-6-14(13)11-17-16(20)18-15-7-8-19(12-15)9-10-21-2/h3-6,15H,7-12H2,1-2H3,(H2,17,18,20)/t15-/m0/s1. The molecule has 1 aromatic carbocycles. The predicted molar refractivity (Wildman–Crippen MR) is 83.3 cm³/mol. The van der Waals surface area contributed by atoms with Crippen LogP contribution in [0.1, 0.15) is 17.5 Å². The second-order valence-electron chi connectivity index (χ2n) is 5.53. The lowest BCUT2D eigenvalue weighted by Gasteiger charge is -2.16. The molecule has 1 atom stereocenters. The van der Waals surface area contributed by atoms with E-state index >= 15 is 0 Å². The summed E-state index contributed by atoms with van der Waals surface area (Å²) in [6.45, 7) is 6.22. The molecule has 1 aliphatic heterocycles. The van der Waals surface area contributed by atoms with Crippen LogP contribution in [-0.2, 0) is 11.3 Å². The maximum absolute atomic E-state index is 11.9. The molecule has 0 saturated carbocycles. The van der Waals surface area contributed by atoms with Crippen molar-refractivity contribution in [2.24, 2.45) is 0 Å². The average molecular weight is 291 g/mol. The van der Waals surface area contributed by atoms with Crippen molar-refractivity contribution >= 4 is 6.03 Å². The van der Waals surface area contributed by atoms with Crippen molar-refractivity contribution in [1.82, 2.24) is 15.5 Å². The summed E-state index contributed by atoms with van der Waals surface area (Å²) in [5.41, 5.74) is 2.35. The number of hydrogen-bond donors (Lipinski definition) is 2. The summed E-state index contributed by atoms with van der Waals surface area (Å²) in [6.07, 6.45) is 1.00. The number of rotatable bonds is 6. The molecule has 1 heterocycles. The molecular weight excluding hydrogens is 266 g/mol. The summed E-state index contributed by atoms with van der Waals surface area (Å²) >= 11 is 0. The number of nitrogens with one attached hydrogen (secondary N) is 2. The van der Waals surface area contributed by atoms with E-state index in [1.807, 2.05) is 18.2 Å². The van der Waals surface area contributed by atoms with Crippen LogP contribution in [0.2, 0.25) is 0 Å². The van der Waals surface area contributed by atoms with Gasteiger partial charge in [-0.15, -0.1) is 0 Å². The van der Waals surface area contributed by atoms with Crippen molar-refractivity contribution in [3.05, 3.63) is 35.4 Å². The highest BCUT2D eigenvalue weighted by molar-refractivity contribution is 5.74. The monoisotopic (exact) mass is 291 g/mol. The van der Waals surface area contributed by atoms with Crippen LogP contribution in [0.3, 0.4) is 0 Å². The molecule has 1 aliphatic rings. The van der Waals surface area contributed by atoms with Crippen molar-refractivity contribution in [1.29, 1.82) is 0 Å². The highest BCUT2D eigenvalue weighted by Crippen LogP contribution is 2.09. The van der Waals surface area contributed by atoms with Crippen molar-refractivity contribution in [2.45, 2.75) is 25.9 Å². The van der Waals surface area contributed by atoms with Crippen molar-refractivity contribution in [2.75, 3.05) is 33.4 Å². The largest absolute Gasteiger partial charge is 0.383 e. The zero-order chi connectivity index (χ0) is 15.1. The summed E-state index contributed by atoms with van der Waals surface area (Å²) < 4.78 is 5.08. The Balaban J connectivity index is 1.69. The molecular formula is C16H25N3O2. The molecule has 5 nitrogen and oxygen atoms in total. The van der Waals surface area contributed by atoms with Crippen LogP contribution in [0.4, 0.5) is 4.79 Å². The summed E-state index contributed by atoms with van der Waals surface area (Å²) in [7, 11) is 1.71. The van der Waals surface area contributed by atoms with Crippen molar-refractivity contribution in [3.63, 3.8) is 0 Å². The minimum absolute atomic E-state index is 0.0863. The number of urea groups is 1. The third-order valence-electron chi connectivity index (χ3n) is 3.92. The number of benzene rings is 1. The van der Waals surface area contributed by atoms with Gasteiger partial charge in [0.05, 0.1) is 6.61 Å². The highest BCUT2D eigenvalue weighted by Gasteiger charge is 2.23. The topological polar surface area (TPSA) is 53.6 Å². The molecule has 2 rings (SSSR count). The Hall–Kier alpha value is -1.59. The van der Waals surface area contributed by atoms with E-state index in [1.165, 1.54) is 5.56 Å². The lowest BCUT2D eigenvalue weighted by molar-refractivity contribution is 0.159. The predicted octanol–water partition coefficient (Wildman–Crippen LogP) is 1.51. The third kappa shape index (κ3) is 5.02. The van der Waals surface area contributed by atoms with Gasteiger partial charge in [-0.1, -0.05) is 24.3 Å². The molecule has 0 aliphatic carbocycles. The molecule has 0 unspecified atom stereocenters. The first-order valence-corrected chi connectivity index (χ1v) is 7.49. The van der Waals surface area contributed by atoms with Gasteiger partial charge >= 0.3 is 6.03 Å². The van der Waals surface area contributed by atoms with Crippen LogP contribution in [-0.4, -0.2) is 50.3 Å². The SMILES string of the molecule is COCCN1CC[C@H](NC(=O)NCc2ccccc2C)C1. The van der Waals surface area contributed by atoms with Gasteiger partial charge < -0.3 is 15.4 Å². The van der Waals surface area contributed by atoms with Crippen LogP contribution in [0.15, 0.2) is 24.3 Å². The molecule has 0 radical (unpaired) electrons. The Labute approximate surface area is 126 Å². The van der Waals surface area contributed by atoms with Crippen LogP contribution in [0.25, 0.3) is 0 Å². The van der Waals surface area contributed by atoms with E-state index < -0.39 is 0 Å². The van der Waals surface area contributed by atoms with Gasteiger partial charge in [0.15, 0.2) is 0 Å². The fraction of sp³-hybridized carbons (Fsp3) is 0.562. The maximum Gasteiger partial charge on any atom is 0.315 e. The second-order valence-corrected chi connectivity index (χ2v) is 5.53. The summed E-state index contributed by atoms with van der Waals surface area (Å²) in [4.78, 5) is 14.3. The van der Waals surface area contributed by atoms with E-state index in [0.29, 0.717) is 6.54 Å². The Morgan fingerprint density at radius 3 is 3.00 bits per heavy atom. The van der Waals surface area contributed by atoms with Gasteiger partial charge in [0, 0.05) is 39.3 Å². The zero-order valence-corrected chi connectivity index (χ0v) is 12.9. The molecule has 2 N–H and O–H groups in total. The molecule has 0 aromatic heterocycles. The van der Waals surface area contributed by atoms with Crippen molar-refractivity contribution in [3.8, 4) is 0 Å². The van der Waals surface area contributed by atoms with Crippen LogP contribution < -0.4 is 10.6 Å². The third-order valence-corrected chi connectivity index (χ3v) is 3.92. The minimum atomic E-state index is -0.0863. The first-order chi connectivity index (χ1) is 10.2. The Bertz CT molecular complexity index is 465. The molecule has 0 bridgehead atoms. The van der Waals surface area contributed by atoms with Gasteiger partial charge in [0.2, 0.25) is 0 Å². The second kappa shape index (κ2) is 8.00. The number of likely N-dealkylation sites (tertiary alicyclic amines) is 1. The molecule has 0 spiro atoms. The van der Waals surface area contributed by atoms with Crippen LogP contribution in [0, 0.1) is 6.92 Å². The fourth-order valence-electron chi connectivity index (χ4n) is 2.59. The average Bonchev–Trinajstić information content (AvgIpc) is 2.91. The van der Waals surface area contributed by atoms with Crippen LogP contribution in [0.5, 0.6) is 0 Å². The van der Waals surface area contributed by atoms with E-state index in [0.717, 1.165) is 38.2 Å². The molecule has 21 heavy (non-hydrogen) atoms. The number of hydrogen-bond acceptors (Lipinski definition) is 3. The maximum atomic E-state index is 11.9. The van der Waals surface area contributed by atoms with Crippen LogP contribution >= 0.6 is 0 Å². The Kier molecular flexibility index (Phi) is 6.02. The zero-order valence-electron chi connectivity index (χ0n) is 12.9. The van der Waals surface area contributed by atoms with E-state index in [4.69, 9.17) is 4.74 Å². The van der Waals surface area contributed by atoms with Gasteiger partial charge in [-0.3, -0.25) is 4.90 Å². The Morgan fingerprint density at radius 1 is 1.43 bits per heavy atom. The minimum Gasteiger partial charge on any atom is -0.383 e. The first kappa shape index (κ1) is 15.8. The van der Waals surface area contributed by atoms with E-state index in [1.54, 1.807) is 7.11 Å². The smallest absolute Gasteiger partial charge is 0.315 e. The lowest BCUT2D eigenvalue weighted by Crippen LogP contribution is -2.43. The summed E-state index contributed by atoms with van der Waals surface area (Å²) in [5.74, 6) is 0. The van der Waals surface area contributed by atoms with Gasteiger partial charge in [-0.25, -0.2) is 4.79 Å². The summed E-state index contributed by atoms with van der Waals surface area (Å²) in [5, 5.41) is 5.97. The molecule has 5 heteroatoms. The number of methoxy groups -OCH3 is 1. The van der Waals surface area contributed by atoms with Gasteiger partial charge in [0.25, 0.3) is 0 Å². The first-order valence-electron chi connectivity index (χ1n) is 7.49. The molecule has 1 fully saturated rings. The molecule has 2 amide bonds. The number of nitrogens with zero attached hydrogens (tertiary/aromatic N) is 1. The van der Waals surface area contributed by atoms with E-state index in [9.17, 15) is 4.79 Å². The highest BCUT2D eigenvalue weighted by atomic mass is 16.5. The molecule has 1 saturated heterocycles. The Morgan fingerprint density at radius 2 is 2.24 bits per heavy atom. The van der Waals surface area contributed by atoms with E-state index in [2.05, 4.69) is 28.5 Å². The summed E-state index contributed by atoms with van der Waals surface area (Å²) in [6, 6.07) is 8.24. The number of aryl methyl sites for hydroxylation is 1. The van der Waals surface area contributed by atoms with Gasteiger partial charge in [0.1, 0.15) is 0 Å². The normalized spacial score (nSPS) is 18.7. The lowest BCUT2D eigenvalue weighted by atomic mass is 10.1. The molecule has 116 valence electrons. The number of ether oxygens (including phenoxy) is 1. The van der Waals surface area contributed by atoms with Crippen molar-refractivity contribution < 1.29 is 9.53 Å².